The first-order valence-corrected chi connectivity index (χ1v) is 7.30. The Morgan fingerprint density at radius 1 is 1.10 bits per heavy atom. The summed E-state index contributed by atoms with van der Waals surface area (Å²) < 4.78 is 5.94. The number of ether oxygens (including phenoxy) is 1. The van der Waals surface area contributed by atoms with Crippen LogP contribution in [-0.4, -0.2) is 18.1 Å². The molecule has 0 spiro atoms. The summed E-state index contributed by atoms with van der Waals surface area (Å²) in [5.41, 5.74) is 2.37. The number of aromatic nitrogens is 1. The van der Waals surface area contributed by atoms with Crippen LogP contribution in [0.4, 0.5) is 0 Å². The number of benzene rings is 2. The Bertz CT molecular complexity index is 787. The highest BCUT2D eigenvalue weighted by molar-refractivity contribution is 7.19. The predicted octanol–water partition coefficient (Wildman–Crippen LogP) is 4.25. The molecule has 0 unspecified atom stereocenters. The molecule has 0 N–H and O–H groups in total. The molecule has 0 atom stereocenters. The lowest BCUT2D eigenvalue weighted by molar-refractivity contribution is 0.0600. The van der Waals surface area contributed by atoms with E-state index in [4.69, 9.17) is 4.74 Å². The molecule has 21 heavy (non-hydrogen) atoms. The van der Waals surface area contributed by atoms with E-state index < -0.39 is 0 Å². The highest BCUT2D eigenvalue weighted by atomic mass is 32.1. The zero-order valence-corrected chi connectivity index (χ0v) is 12.3. The van der Waals surface area contributed by atoms with Crippen molar-refractivity contribution in [1.82, 2.24) is 4.98 Å². The van der Waals surface area contributed by atoms with Crippen molar-refractivity contribution in [3.63, 3.8) is 0 Å². The Kier molecular flexibility index (Phi) is 3.79. The number of esters is 1. The van der Waals surface area contributed by atoms with Crippen LogP contribution in [0.25, 0.3) is 22.4 Å². The fraction of sp³-hybridized carbons (Fsp3) is 0.0588. The molecule has 0 bridgehead atoms. The van der Waals surface area contributed by atoms with E-state index in [0.717, 1.165) is 20.8 Å². The second-order valence-electron chi connectivity index (χ2n) is 4.43. The molecule has 0 amide bonds. The molecule has 1 aromatic heterocycles. The second kappa shape index (κ2) is 5.89. The fourth-order valence-corrected chi connectivity index (χ4v) is 2.93. The van der Waals surface area contributed by atoms with E-state index in [9.17, 15) is 4.79 Å². The summed E-state index contributed by atoms with van der Waals surface area (Å²) in [7, 11) is 1.39. The molecule has 0 fully saturated rings. The maximum Gasteiger partial charge on any atom is 0.338 e. The SMILES string of the molecule is COC(=O)c1ccccc1/C=C/c1nc2ccccc2s1. The average molecular weight is 295 g/mol. The van der Waals surface area contributed by atoms with Gasteiger partial charge in [0.15, 0.2) is 0 Å². The van der Waals surface area contributed by atoms with Crippen molar-refractivity contribution in [3.8, 4) is 0 Å². The standard InChI is InChI=1S/C17H13NO2S/c1-20-17(19)13-7-3-2-6-12(13)10-11-16-18-14-8-4-5-9-15(14)21-16/h2-11H,1H3/b11-10+. The lowest BCUT2D eigenvalue weighted by atomic mass is 10.1. The van der Waals surface area contributed by atoms with Gasteiger partial charge in [-0.05, 0) is 29.8 Å². The topological polar surface area (TPSA) is 39.2 Å². The van der Waals surface area contributed by atoms with Gasteiger partial charge in [0, 0.05) is 0 Å². The van der Waals surface area contributed by atoms with Crippen LogP contribution in [-0.2, 0) is 4.74 Å². The van der Waals surface area contributed by atoms with Gasteiger partial charge in [-0.15, -0.1) is 11.3 Å². The number of rotatable bonds is 3. The van der Waals surface area contributed by atoms with E-state index in [1.807, 2.05) is 54.6 Å². The van der Waals surface area contributed by atoms with Crippen LogP contribution < -0.4 is 0 Å². The van der Waals surface area contributed by atoms with E-state index in [1.165, 1.54) is 7.11 Å². The van der Waals surface area contributed by atoms with E-state index in [0.29, 0.717) is 5.56 Å². The van der Waals surface area contributed by atoms with Gasteiger partial charge in [-0.2, -0.15) is 0 Å². The summed E-state index contributed by atoms with van der Waals surface area (Å²) in [4.78, 5) is 16.3. The van der Waals surface area contributed by atoms with Gasteiger partial charge in [0.1, 0.15) is 5.01 Å². The molecule has 0 radical (unpaired) electrons. The average Bonchev–Trinajstić information content (AvgIpc) is 2.95. The van der Waals surface area contributed by atoms with Gasteiger partial charge in [-0.1, -0.05) is 36.4 Å². The normalized spacial score (nSPS) is 11.1. The van der Waals surface area contributed by atoms with Gasteiger partial charge in [0.25, 0.3) is 0 Å². The van der Waals surface area contributed by atoms with Crippen molar-refractivity contribution in [2.45, 2.75) is 0 Å². The molecule has 0 aliphatic heterocycles. The molecule has 4 heteroatoms. The van der Waals surface area contributed by atoms with Crippen molar-refractivity contribution in [2.24, 2.45) is 0 Å². The van der Waals surface area contributed by atoms with E-state index in [2.05, 4.69) is 4.98 Å². The maximum atomic E-state index is 11.7. The smallest absolute Gasteiger partial charge is 0.338 e. The largest absolute Gasteiger partial charge is 0.465 e. The lowest BCUT2D eigenvalue weighted by Crippen LogP contribution is -2.02. The van der Waals surface area contributed by atoms with E-state index in [1.54, 1.807) is 17.4 Å². The molecule has 0 aliphatic rings. The Morgan fingerprint density at radius 2 is 1.86 bits per heavy atom. The number of hydrogen-bond acceptors (Lipinski definition) is 4. The molecular weight excluding hydrogens is 282 g/mol. The van der Waals surface area contributed by atoms with Crippen molar-refractivity contribution >= 4 is 39.7 Å². The van der Waals surface area contributed by atoms with Gasteiger partial charge >= 0.3 is 5.97 Å². The van der Waals surface area contributed by atoms with Gasteiger partial charge in [-0.3, -0.25) is 0 Å². The molecular formula is C17H13NO2S. The highest BCUT2D eigenvalue weighted by Crippen LogP contribution is 2.23. The Balaban J connectivity index is 1.94. The number of carbonyl (C=O) groups is 1. The molecule has 0 aliphatic carbocycles. The first kappa shape index (κ1) is 13.5. The summed E-state index contributed by atoms with van der Waals surface area (Å²) in [6.45, 7) is 0. The second-order valence-corrected chi connectivity index (χ2v) is 5.49. The highest BCUT2D eigenvalue weighted by Gasteiger charge is 2.08. The van der Waals surface area contributed by atoms with Crippen LogP contribution in [0, 0.1) is 0 Å². The van der Waals surface area contributed by atoms with Gasteiger partial charge in [0.2, 0.25) is 0 Å². The van der Waals surface area contributed by atoms with Gasteiger partial charge < -0.3 is 4.74 Å². The summed E-state index contributed by atoms with van der Waals surface area (Å²) in [5, 5.41) is 0.913. The minimum Gasteiger partial charge on any atom is -0.465 e. The summed E-state index contributed by atoms with van der Waals surface area (Å²) in [6, 6.07) is 15.4. The first-order valence-electron chi connectivity index (χ1n) is 6.49. The molecule has 3 rings (SSSR count). The number of nitrogens with zero attached hydrogens (tertiary/aromatic N) is 1. The van der Waals surface area contributed by atoms with Crippen molar-refractivity contribution in [1.29, 1.82) is 0 Å². The molecule has 1 heterocycles. The Hall–Kier alpha value is -2.46. The Labute approximate surface area is 126 Å². The molecule has 104 valence electrons. The Morgan fingerprint density at radius 3 is 2.67 bits per heavy atom. The number of carbonyl (C=O) groups excluding carboxylic acids is 1. The number of fused-ring (bicyclic) bond motifs is 1. The van der Waals surface area contributed by atoms with E-state index >= 15 is 0 Å². The van der Waals surface area contributed by atoms with Crippen LogP contribution >= 0.6 is 11.3 Å². The predicted molar refractivity (Wildman–Crippen MR) is 86.3 cm³/mol. The molecule has 3 aromatic rings. The van der Waals surface area contributed by atoms with E-state index in [-0.39, 0.29) is 5.97 Å². The maximum absolute atomic E-state index is 11.7. The lowest BCUT2D eigenvalue weighted by Gasteiger charge is -2.02. The van der Waals surface area contributed by atoms with Crippen LogP contribution in [0.3, 0.4) is 0 Å². The minimum atomic E-state index is -0.334. The third-order valence-electron chi connectivity index (χ3n) is 3.08. The fourth-order valence-electron chi connectivity index (χ4n) is 2.06. The quantitative estimate of drug-likeness (QED) is 0.678. The molecule has 2 aromatic carbocycles. The van der Waals surface area contributed by atoms with Crippen LogP contribution in [0.5, 0.6) is 0 Å². The third-order valence-corrected chi connectivity index (χ3v) is 4.08. The summed E-state index contributed by atoms with van der Waals surface area (Å²) in [5.74, 6) is -0.334. The van der Waals surface area contributed by atoms with Crippen LogP contribution in [0.1, 0.15) is 20.9 Å². The molecule has 0 saturated carbocycles. The van der Waals surface area contributed by atoms with Crippen molar-refractivity contribution in [3.05, 3.63) is 64.7 Å². The van der Waals surface area contributed by atoms with Gasteiger partial charge in [0.05, 0.1) is 22.9 Å². The monoisotopic (exact) mass is 295 g/mol. The number of hydrogen-bond donors (Lipinski definition) is 0. The molecule has 0 saturated heterocycles. The van der Waals surface area contributed by atoms with Crippen LogP contribution in [0.2, 0.25) is 0 Å². The molecule has 3 nitrogen and oxygen atoms in total. The van der Waals surface area contributed by atoms with Crippen molar-refractivity contribution < 1.29 is 9.53 Å². The van der Waals surface area contributed by atoms with Crippen molar-refractivity contribution in [2.75, 3.05) is 7.11 Å². The minimum absolute atomic E-state index is 0.334. The summed E-state index contributed by atoms with van der Waals surface area (Å²) >= 11 is 1.62. The number of thiazole rings is 1. The number of methoxy groups -OCH3 is 1. The third kappa shape index (κ3) is 2.85. The number of para-hydroxylation sites is 1. The van der Waals surface area contributed by atoms with Gasteiger partial charge in [-0.25, -0.2) is 9.78 Å². The summed E-state index contributed by atoms with van der Waals surface area (Å²) in [6.07, 6.45) is 3.82. The first-order chi connectivity index (χ1) is 10.3. The van der Waals surface area contributed by atoms with Crippen LogP contribution in [0.15, 0.2) is 48.5 Å². The zero-order chi connectivity index (χ0) is 14.7. The zero-order valence-electron chi connectivity index (χ0n) is 11.4.